The van der Waals surface area contributed by atoms with Gasteiger partial charge in [-0.2, -0.15) is 0 Å². The number of benzene rings is 1. The molecule has 1 fully saturated rings. The molecule has 1 aliphatic rings. The zero-order valence-electron chi connectivity index (χ0n) is 11.5. The molecule has 1 aromatic carbocycles. The fraction of sp³-hybridized carbons (Fsp3) is 0.600. The lowest BCUT2D eigenvalue weighted by Crippen LogP contribution is -2.49. The average Bonchev–Trinajstić information content (AvgIpc) is 2.41. The van der Waals surface area contributed by atoms with Crippen LogP contribution in [0.25, 0.3) is 0 Å². The van der Waals surface area contributed by atoms with Crippen molar-refractivity contribution in [2.75, 3.05) is 26.8 Å². The van der Waals surface area contributed by atoms with E-state index in [9.17, 15) is 5.11 Å². The topological polar surface area (TPSA) is 50.7 Å². The Morgan fingerprint density at radius 3 is 2.63 bits per heavy atom. The number of nitrogens with one attached hydrogen (secondary N) is 1. The highest BCUT2D eigenvalue weighted by molar-refractivity contribution is 5.20. The van der Waals surface area contributed by atoms with Crippen molar-refractivity contribution in [2.45, 2.75) is 31.0 Å². The molecular weight excluding hydrogens is 242 g/mol. The van der Waals surface area contributed by atoms with Gasteiger partial charge in [0.15, 0.2) is 0 Å². The minimum absolute atomic E-state index is 0.00000713. The molecule has 4 nitrogen and oxygen atoms in total. The molecule has 1 aromatic rings. The number of aliphatic hydroxyl groups excluding tert-OH is 1. The molecule has 1 unspecified atom stereocenters. The Bertz CT molecular complexity index is 359. The first-order valence-electron chi connectivity index (χ1n) is 6.86. The van der Waals surface area contributed by atoms with Crippen molar-refractivity contribution in [2.24, 2.45) is 0 Å². The maximum atomic E-state index is 9.84. The summed E-state index contributed by atoms with van der Waals surface area (Å²) in [6.45, 7) is 1.63. The maximum Gasteiger partial charge on any atom is 0.119 e. The summed E-state index contributed by atoms with van der Waals surface area (Å²) in [4.78, 5) is 0. The van der Waals surface area contributed by atoms with Gasteiger partial charge in [0.25, 0.3) is 0 Å². The number of aliphatic hydroxyl groups is 1. The van der Waals surface area contributed by atoms with E-state index in [2.05, 4.69) is 5.32 Å². The van der Waals surface area contributed by atoms with Crippen LogP contribution in [0.2, 0.25) is 0 Å². The molecule has 1 aliphatic carbocycles. The quantitative estimate of drug-likeness (QED) is 0.749. The lowest BCUT2D eigenvalue weighted by Gasteiger charge is -2.40. The van der Waals surface area contributed by atoms with E-state index < -0.39 is 6.10 Å². The summed E-state index contributed by atoms with van der Waals surface area (Å²) in [5, 5.41) is 13.1. The van der Waals surface area contributed by atoms with Crippen molar-refractivity contribution in [3.63, 3.8) is 0 Å². The van der Waals surface area contributed by atoms with Crippen LogP contribution >= 0.6 is 0 Å². The Morgan fingerprint density at radius 2 is 2.05 bits per heavy atom. The van der Waals surface area contributed by atoms with Gasteiger partial charge in [-0.25, -0.2) is 0 Å². The van der Waals surface area contributed by atoms with Gasteiger partial charge in [-0.3, -0.25) is 0 Å². The zero-order valence-corrected chi connectivity index (χ0v) is 11.5. The molecule has 4 heteroatoms. The van der Waals surface area contributed by atoms with Gasteiger partial charge < -0.3 is 19.9 Å². The highest BCUT2D eigenvalue weighted by atomic mass is 16.5. The van der Waals surface area contributed by atoms with E-state index in [0.29, 0.717) is 13.2 Å². The number of para-hydroxylation sites is 1. The van der Waals surface area contributed by atoms with E-state index in [1.807, 2.05) is 30.3 Å². The lowest BCUT2D eigenvalue weighted by atomic mass is 9.80. The molecule has 0 saturated heterocycles. The fourth-order valence-electron chi connectivity index (χ4n) is 2.26. The minimum Gasteiger partial charge on any atom is -0.491 e. The van der Waals surface area contributed by atoms with Gasteiger partial charge in [0.05, 0.1) is 5.60 Å². The molecule has 0 amide bonds. The van der Waals surface area contributed by atoms with Crippen molar-refractivity contribution >= 4 is 0 Å². The third-order valence-electron chi connectivity index (χ3n) is 3.71. The van der Waals surface area contributed by atoms with Gasteiger partial charge in [0, 0.05) is 20.2 Å². The largest absolute Gasteiger partial charge is 0.491 e. The van der Waals surface area contributed by atoms with Crippen LogP contribution in [0, 0.1) is 0 Å². The molecule has 2 rings (SSSR count). The van der Waals surface area contributed by atoms with Gasteiger partial charge in [0.1, 0.15) is 18.5 Å². The van der Waals surface area contributed by atoms with E-state index in [1.54, 1.807) is 7.11 Å². The predicted octanol–water partition coefficient (Wildman–Crippen LogP) is 1.58. The van der Waals surface area contributed by atoms with E-state index >= 15 is 0 Å². The summed E-state index contributed by atoms with van der Waals surface area (Å²) in [5.74, 6) is 0.786. The molecule has 1 saturated carbocycles. The maximum absolute atomic E-state index is 9.84. The number of methoxy groups -OCH3 is 1. The Labute approximate surface area is 114 Å². The Balaban J connectivity index is 1.61. The monoisotopic (exact) mass is 265 g/mol. The molecular formula is C15H23NO3. The molecule has 2 N–H and O–H groups in total. The van der Waals surface area contributed by atoms with Crippen LogP contribution in [0.4, 0.5) is 0 Å². The molecule has 1 atom stereocenters. The average molecular weight is 265 g/mol. The van der Waals surface area contributed by atoms with Gasteiger partial charge >= 0.3 is 0 Å². The minimum atomic E-state index is -0.505. The molecule has 106 valence electrons. The molecule has 0 bridgehead atoms. The predicted molar refractivity (Wildman–Crippen MR) is 74.4 cm³/mol. The van der Waals surface area contributed by atoms with Gasteiger partial charge in [-0.05, 0) is 31.4 Å². The van der Waals surface area contributed by atoms with Crippen molar-refractivity contribution in [1.82, 2.24) is 5.32 Å². The first-order chi connectivity index (χ1) is 9.24. The van der Waals surface area contributed by atoms with Crippen molar-refractivity contribution in [3.05, 3.63) is 30.3 Å². The van der Waals surface area contributed by atoms with Crippen LogP contribution in [0.3, 0.4) is 0 Å². The van der Waals surface area contributed by atoms with Gasteiger partial charge in [0.2, 0.25) is 0 Å². The van der Waals surface area contributed by atoms with Crippen LogP contribution < -0.4 is 10.1 Å². The zero-order chi connectivity index (χ0) is 13.6. The van der Waals surface area contributed by atoms with Crippen LogP contribution in [0.1, 0.15) is 19.3 Å². The summed E-state index contributed by atoms with van der Waals surface area (Å²) >= 11 is 0. The second-order valence-corrected chi connectivity index (χ2v) is 5.15. The third-order valence-corrected chi connectivity index (χ3v) is 3.71. The standard InChI is InChI=1S/C15H23NO3/c1-18-15(8-5-9-15)12-16-10-13(17)11-19-14-6-3-2-4-7-14/h2-4,6-7,13,16-17H,5,8-12H2,1H3. The van der Waals surface area contributed by atoms with Crippen LogP contribution in [-0.4, -0.2) is 43.6 Å². The SMILES string of the molecule is COC1(CNCC(O)COc2ccccc2)CCC1. The summed E-state index contributed by atoms with van der Waals surface area (Å²) in [6.07, 6.45) is 2.93. The second-order valence-electron chi connectivity index (χ2n) is 5.15. The smallest absolute Gasteiger partial charge is 0.119 e. The van der Waals surface area contributed by atoms with E-state index in [-0.39, 0.29) is 5.60 Å². The van der Waals surface area contributed by atoms with E-state index in [1.165, 1.54) is 6.42 Å². The molecule has 0 aromatic heterocycles. The summed E-state index contributed by atoms with van der Waals surface area (Å²) < 4.78 is 11.0. The van der Waals surface area contributed by atoms with Crippen LogP contribution in [0.5, 0.6) is 5.75 Å². The van der Waals surface area contributed by atoms with Crippen LogP contribution in [-0.2, 0) is 4.74 Å². The fourth-order valence-corrected chi connectivity index (χ4v) is 2.26. The van der Waals surface area contributed by atoms with Crippen molar-refractivity contribution in [1.29, 1.82) is 0 Å². The van der Waals surface area contributed by atoms with Gasteiger partial charge in [-0.15, -0.1) is 0 Å². The van der Waals surface area contributed by atoms with Gasteiger partial charge in [-0.1, -0.05) is 18.2 Å². The first-order valence-corrected chi connectivity index (χ1v) is 6.86. The molecule has 0 radical (unpaired) electrons. The number of rotatable bonds is 8. The number of hydrogen-bond donors (Lipinski definition) is 2. The number of hydrogen-bond acceptors (Lipinski definition) is 4. The van der Waals surface area contributed by atoms with E-state index in [0.717, 1.165) is 25.1 Å². The van der Waals surface area contributed by atoms with Crippen molar-refractivity contribution in [3.8, 4) is 5.75 Å². The Hall–Kier alpha value is -1.10. The normalized spacial score (nSPS) is 18.6. The molecule has 19 heavy (non-hydrogen) atoms. The summed E-state index contributed by atoms with van der Waals surface area (Å²) in [5.41, 5.74) is 0.00000713. The summed E-state index contributed by atoms with van der Waals surface area (Å²) in [6, 6.07) is 9.54. The van der Waals surface area contributed by atoms with Crippen LogP contribution in [0.15, 0.2) is 30.3 Å². The highest BCUT2D eigenvalue weighted by Crippen LogP contribution is 2.34. The molecule has 0 spiro atoms. The lowest BCUT2D eigenvalue weighted by molar-refractivity contribution is -0.0706. The Kier molecular flexibility index (Phi) is 5.19. The second kappa shape index (κ2) is 6.89. The molecule has 0 aliphatic heterocycles. The number of ether oxygens (including phenoxy) is 2. The Morgan fingerprint density at radius 1 is 1.32 bits per heavy atom. The van der Waals surface area contributed by atoms with E-state index in [4.69, 9.17) is 9.47 Å². The first kappa shape index (κ1) is 14.3. The third kappa shape index (κ3) is 4.20. The summed E-state index contributed by atoms with van der Waals surface area (Å²) in [7, 11) is 1.76. The molecule has 0 heterocycles. The highest BCUT2D eigenvalue weighted by Gasteiger charge is 2.36. The van der Waals surface area contributed by atoms with Crippen molar-refractivity contribution < 1.29 is 14.6 Å².